The standard InChI is InChI=1S/C28H35N6O9P/c1-17(27(37)41-19-10-8-18(39-2)9-11-19)33-44(38,43-20-6-4-3-5-7-20)40-15-28(14-29)25(36)23(35)24(42-28)21-12-13-22-26(30)31-16-32-34(21)22/h3-7,12-13,16-19,23-25,35-36H,8-11,15H2,1-2H3,(H,33,38)(H2,30,31,32)/t17-,18?,19?,23-,24-,25-,28+,44?/m0/s1. The predicted molar refractivity (Wildman–Crippen MR) is 154 cm³/mol. The summed E-state index contributed by atoms with van der Waals surface area (Å²) >= 11 is 0. The summed E-state index contributed by atoms with van der Waals surface area (Å²) in [5, 5.41) is 38.8. The first-order chi connectivity index (χ1) is 21.1. The summed E-state index contributed by atoms with van der Waals surface area (Å²) in [6.07, 6.45) is -0.862. The number of nitriles is 1. The minimum absolute atomic E-state index is 0.120. The summed E-state index contributed by atoms with van der Waals surface area (Å²) in [5.74, 6) is -0.347. The van der Waals surface area contributed by atoms with E-state index in [-0.39, 0.29) is 29.5 Å². The molecule has 6 atom stereocenters. The Morgan fingerprint density at radius 3 is 2.61 bits per heavy atom. The fourth-order valence-corrected chi connectivity index (χ4v) is 6.83. The zero-order valence-electron chi connectivity index (χ0n) is 24.2. The molecule has 1 aliphatic carbocycles. The van der Waals surface area contributed by atoms with Crippen LogP contribution in [0.3, 0.4) is 0 Å². The molecule has 1 aliphatic heterocycles. The number of aromatic nitrogens is 3. The van der Waals surface area contributed by atoms with Crippen LogP contribution in [0.5, 0.6) is 5.75 Å². The van der Waals surface area contributed by atoms with Gasteiger partial charge in [0.1, 0.15) is 60.7 Å². The molecule has 3 heterocycles. The molecule has 15 nitrogen and oxygen atoms in total. The third-order valence-corrected chi connectivity index (χ3v) is 9.42. The van der Waals surface area contributed by atoms with E-state index in [4.69, 9.17) is 29.0 Å². The van der Waals surface area contributed by atoms with Crippen LogP contribution in [-0.4, -0.2) is 80.6 Å². The SMILES string of the molecule is COC1CCC(OC(=O)[C@H](C)NP(=O)(OC[C@@]2(C#N)O[C@@H](c3ccc4c(N)ncnn34)[C@H](O)[C@@H]2O)Oc2ccccc2)CC1. The van der Waals surface area contributed by atoms with Crippen LogP contribution in [0, 0.1) is 11.3 Å². The number of nitrogens with two attached hydrogens (primary N) is 1. The molecule has 1 saturated heterocycles. The Bertz CT molecular complexity index is 1540. The van der Waals surface area contributed by atoms with Crippen molar-refractivity contribution in [1.29, 1.82) is 5.26 Å². The van der Waals surface area contributed by atoms with Gasteiger partial charge in [-0.3, -0.25) is 9.32 Å². The molecule has 1 aromatic carbocycles. The number of benzene rings is 1. The molecular formula is C28H35N6O9P. The van der Waals surface area contributed by atoms with E-state index in [0.29, 0.717) is 18.4 Å². The Balaban J connectivity index is 1.33. The van der Waals surface area contributed by atoms with Gasteiger partial charge in [-0.05, 0) is 56.9 Å². The van der Waals surface area contributed by atoms with Crippen LogP contribution in [0.4, 0.5) is 5.82 Å². The molecule has 2 aliphatic rings. The van der Waals surface area contributed by atoms with Crippen LogP contribution in [0.25, 0.3) is 5.52 Å². The van der Waals surface area contributed by atoms with E-state index in [1.165, 1.54) is 29.9 Å². The molecule has 5 rings (SSSR count). The Morgan fingerprint density at radius 2 is 1.93 bits per heavy atom. The molecule has 2 fully saturated rings. The van der Waals surface area contributed by atoms with Crippen LogP contribution >= 0.6 is 7.75 Å². The van der Waals surface area contributed by atoms with Crippen molar-refractivity contribution in [1.82, 2.24) is 19.7 Å². The van der Waals surface area contributed by atoms with E-state index < -0.39 is 50.3 Å². The largest absolute Gasteiger partial charge is 0.461 e. The van der Waals surface area contributed by atoms with E-state index in [0.717, 1.165) is 12.8 Å². The first kappa shape index (κ1) is 31.8. The number of carbonyl (C=O) groups excluding carboxylic acids is 1. The molecule has 0 radical (unpaired) electrons. The lowest BCUT2D eigenvalue weighted by Crippen LogP contribution is -2.46. The number of carbonyl (C=O) groups is 1. The topological polar surface area (TPSA) is 213 Å². The van der Waals surface area contributed by atoms with Crippen LogP contribution in [-0.2, 0) is 28.1 Å². The number of esters is 1. The average molecular weight is 631 g/mol. The van der Waals surface area contributed by atoms with E-state index in [1.807, 2.05) is 6.07 Å². The lowest BCUT2D eigenvalue weighted by atomic mass is 9.95. The second-order valence-corrected chi connectivity index (χ2v) is 12.5. The number of hydrogen-bond acceptors (Lipinski definition) is 13. The van der Waals surface area contributed by atoms with Crippen molar-refractivity contribution in [3.63, 3.8) is 0 Å². The van der Waals surface area contributed by atoms with Gasteiger partial charge in [0.2, 0.25) is 5.60 Å². The maximum atomic E-state index is 14.1. The number of rotatable bonds is 11. The molecule has 44 heavy (non-hydrogen) atoms. The van der Waals surface area contributed by atoms with Gasteiger partial charge < -0.3 is 34.7 Å². The number of fused-ring (bicyclic) bond motifs is 1. The molecule has 1 unspecified atom stereocenters. The van der Waals surface area contributed by atoms with Gasteiger partial charge in [-0.15, -0.1) is 0 Å². The zero-order chi connectivity index (χ0) is 31.5. The molecule has 0 spiro atoms. The first-order valence-electron chi connectivity index (χ1n) is 14.1. The maximum absolute atomic E-state index is 14.1. The normalized spacial score (nSPS) is 29.0. The minimum Gasteiger partial charge on any atom is -0.461 e. The lowest BCUT2D eigenvalue weighted by Gasteiger charge is -2.30. The number of para-hydroxylation sites is 1. The molecule has 2 aromatic heterocycles. The molecule has 0 amide bonds. The molecular weight excluding hydrogens is 595 g/mol. The number of nitrogens with one attached hydrogen (secondary N) is 1. The van der Waals surface area contributed by atoms with E-state index in [2.05, 4.69) is 15.2 Å². The maximum Gasteiger partial charge on any atom is 0.459 e. The highest BCUT2D eigenvalue weighted by Crippen LogP contribution is 2.48. The Hall–Kier alpha value is -3.61. The Labute approximate surface area is 253 Å². The predicted octanol–water partition coefficient (Wildman–Crippen LogP) is 2.05. The van der Waals surface area contributed by atoms with Gasteiger partial charge in [0.05, 0.1) is 11.8 Å². The van der Waals surface area contributed by atoms with E-state index in [1.54, 1.807) is 37.4 Å². The number of nitrogen functional groups attached to an aromatic ring is 1. The zero-order valence-corrected chi connectivity index (χ0v) is 25.1. The van der Waals surface area contributed by atoms with Gasteiger partial charge in [-0.1, -0.05) is 18.2 Å². The third kappa shape index (κ3) is 6.57. The van der Waals surface area contributed by atoms with Gasteiger partial charge in [-0.2, -0.15) is 15.4 Å². The minimum atomic E-state index is -4.44. The average Bonchev–Trinajstić information content (AvgIpc) is 3.56. The molecule has 3 aromatic rings. The first-order valence-corrected chi connectivity index (χ1v) is 15.7. The molecule has 1 saturated carbocycles. The number of ether oxygens (including phenoxy) is 3. The van der Waals surface area contributed by atoms with Crippen molar-refractivity contribution in [2.24, 2.45) is 0 Å². The second-order valence-electron chi connectivity index (χ2n) is 10.8. The Kier molecular flexibility index (Phi) is 9.52. The molecule has 16 heteroatoms. The van der Waals surface area contributed by atoms with Crippen LogP contribution < -0.4 is 15.3 Å². The summed E-state index contributed by atoms with van der Waals surface area (Å²) in [4.78, 5) is 16.9. The van der Waals surface area contributed by atoms with Gasteiger partial charge in [0, 0.05) is 7.11 Å². The fourth-order valence-electron chi connectivity index (χ4n) is 5.31. The van der Waals surface area contributed by atoms with Gasteiger partial charge >= 0.3 is 13.7 Å². The fraction of sp³-hybridized carbons (Fsp3) is 0.500. The summed E-state index contributed by atoms with van der Waals surface area (Å²) in [6, 6.07) is 12.0. The number of aliphatic hydroxyl groups is 2. The molecule has 236 valence electrons. The van der Waals surface area contributed by atoms with Crippen molar-refractivity contribution >= 4 is 25.1 Å². The van der Waals surface area contributed by atoms with Gasteiger partial charge in [0.15, 0.2) is 5.82 Å². The number of anilines is 1. The Morgan fingerprint density at radius 1 is 1.23 bits per heavy atom. The molecule has 5 N–H and O–H groups in total. The highest BCUT2D eigenvalue weighted by molar-refractivity contribution is 7.52. The van der Waals surface area contributed by atoms with E-state index >= 15 is 0 Å². The van der Waals surface area contributed by atoms with Crippen molar-refractivity contribution in [3.05, 3.63) is 54.5 Å². The second kappa shape index (κ2) is 13.2. The van der Waals surface area contributed by atoms with E-state index in [9.17, 15) is 24.8 Å². The van der Waals surface area contributed by atoms with Gasteiger partial charge in [0.25, 0.3) is 0 Å². The highest BCUT2D eigenvalue weighted by atomic mass is 31.2. The van der Waals surface area contributed by atoms with Crippen molar-refractivity contribution < 1.29 is 42.8 Å². The monoisotopic (exact) mass is 630 g/mol. The van der Waals surface area contributed by atoms with Crippen LogP contribution in [0.1, 0.15) is 44.4 Å². The van der Waals surface area contributed by atoms with Crippen LogP contribution in [0.2, 0.25) is 0 Å². The summed E-state index contributed by atoms with van der Waals surface area (Å²) in [5.41, 5.74) is 4.43. The van der Waals surface area contributed by atoms with Gasteiger partial charge in [-0.25, -0.2) is 14.1 Å². The highest BCUT2D eigenvalue weighted by Gasteiger charge is 2.57. The summed E-state index contributed by atoms with van der Waals surface area (Å²) in [7, 11) is -2.79. The number of aliphatic hydroxyl groups excluding tert-OH is 2. The number of methoxy groups -OCH3 is 1. The summed E-state index contributed by atoms with van der Waals surface area (Å²) < 4.78 is 43.7. The summed E-state index contributed by atoms with van der Waals surface area (Å²) in [6.45, 7) is 0.637. The molecule has 0 bridgehead atoms. The van der Waals surface area contributed by atoms with Crippen molar-refractivity contribution in [2.45, 2.75) is 74.8 Å². The number of hydrogen-bond donors (Lipinski definition) is 4. The third-order valence-electron chi connectivity index (χ3n) is 7.80. The number of nitrogens with zero attached hydrogens (tertiary/aromatic N) is 4. The lowest BCUT2D eigenvalue weighted by molar-refractivity contribution is -0.153. The van der Waals surface area contributed by atoms with Crippen molar-refractivity contribution in [3.8, 4) is 11.8 Å². The van der Waals surface area contributed by atoms with Crippen molar-refractivity contribution in [2.75, 3.05) is 19.5 Å². The quantitative estimate of drug-likeness (QED) is 0.176. The smallest absolute Gasteiger partial charge is 0.459 e. The van der Waals surface area contributed by atoms with Crippen LogP contribution in [0.15, 0.2) is 48.8 Å².